The molecule has 3 aromatic rings. The van der Waals surface area contributed by atoms with Crippen molar-refractivity contribution in [3.8, 4) is 22.8 Å². The second-order valence-corrected chi connectivity index (χ2v) is 8.14. The van der Waals surface area contributed by atoms with Gasteiger partial charge in [-0.1, -0.05) is 42.0 Å². The first-order chi connectivity index (χ1) is 13.8. The minimum absolute atomic E-state index is 0.128. The number of hydrogen-bond donors (Lipinski definition) is 1. The van der Waals surface area contributed by atoms with Crippen LogP contribution < -0.4 is 10.2 Å². The van der Waals surface area contributed by atoms with Crippen LogP contribution in [0.15, 0.2) is 63.3 Å². The average Bonchev–Trinajstić information content (AvgIpc) is 2.66. The largest absolute Gasteiger partial charge is 0.507 e. The topological polar surface area (TPSA) is 59.7 Å². The van der Waals surface area contributed by atoms with Gasteiger partial charge in [-0.25, -0.2) is 0 Å². The highest BCUT2D eigenvalue weighted by Gasteiger charge is 2.27. The first-order valence-electron chi connectivity index (χ1n) is 9.69. The van der Waals surface area contributed by atoms with E-state index in [-0.39, 0.29) is 16.6 Å². The zero-order valence-electron chi connectivity index (χ0n) is 17.1. The third-order valence-electron chi connectivity index (χ3n) is 5.02. The Morgan fingerprint density at radius 3 is 2.59 bits per heavy atom. The second-order valence-electron chi connectivity index (χ2n) is 8.14. The second kappa shape index (κ2) is 6.96. The molecule has 4 rings (SSSR count). The molecule has 148 valence electrons. The van der Waals surface area contributed by atoms with Gasteiger partial charge in [0.1, 0.15) is 28.2 Å². The van der Waals surface area contributed by atoms with Crippen molar-refractivity contribution in [3.63, 3.8) is 0 Å². The van der Waals surface area contributed by atoms with Crippen molar-refractivity contribution >= 4 is 17.0 Å². The zero-order valence-corrected chi connectivity index (χ0v) is 17.1. The molecule has 4 nitrogen and oxygen atoms in total. The van der Waals surface area contributed by atoms with Crippen LogP contribution in [-0.4, -0.2) is 10.7 Å². The fourth-order valence-electron chi connectivity index (χ4n) is 3.54. The number of allylic oxidation sites excluding steroid dienone is 2. The number of phenols is 1. The highest BCUT2D eigenvalue weighted by atomic mass is 16.5. The molecule has 0 saturated carbocycles. The molecular weight excluding hydrogens is 364 g/mol. The van der Waals surface area contributed by atoms with E-state index in [1.165, 1.54) is 6.07 Å². The maximum atomic E-state index is 13.5. The molecule has 1 aliphatic heterocycles. The number of aromatic hydroxyl groups is 1. The molecule has 0 spiro atoms. The van der Waals surface area contributed by atoms with Crippen molar-refractivity contribution in [2.75, 3.05) is 0 Å². The van der Waals surface area contributed by atoms with E-state index in [4.69, 9.17) is 9.15 Å². The smallest absolute Gasteiger partial charge is 0.200 e. The summed E-state index contributed by atoms with van der Waals surface area (Å²) in [5, 5.41) is 10.9. The minimum Gasteiger partial charge on any atom is -0.507 e. The maximum absolute atomic E-state index is 13.5. The van der Waals surface area contributed by atoms with Crippen LogP contribution in [0.5, 0.6) is 11.5 Å². The Bertz CT molecular complexity index is 1210. The Hall–Kier alpha value is -3.27. The number of phenolic OH excluding ortho intramolecular Hbond substituents is 1. The van der Waals surface area contributed by atoms with Crippen LogP contribution >= 0.6 is 0 Å². The van der Waals surface area contributed by atoms with Gasteiger partial charge in [0, 0.05) is 17.2 Å². The lowest BCUT2D eigenvalue weighted by molar-refractivity contribution is 0.158. The summed E-state index contributed by atoms with van der Waals surface area (Å²) in [5.41, 5.74) is 2.75. The molecule has 0 aliphatic carbocycles. The van der Waals surface area contributed by atoms with Crippen molar-refractivity contribution in [2.24, 2.45) is 0 Å². The van der Waals surface area contributed by atoms with Gasteiger partial charge in [-0.05, 0) is 46.3 Å². The highest BCUT2D eigenvalue weighted by molar-refractivity contribution is 5.95. The van der Waals surface area contributed by atoms with Gasteiger partial charge in [0.15, 0.2) is 5.58 Å². The predicted molar refractivity (Wildman–Crippen MR) is 116 cm³/mol. The van der Waals surface area contributed by atoms with E-state index in [1.54, 1.807) is 0 Å². The van der Waals surface area contributed by atoms with Crippen molar-refractivity contribution in [1.82, 2.24) is 0 Å². The van der Waals surface area contributed by atoms with E-state index in [9.17, 15) is 9.90 Å². The quantitative estimate of drug-likeness (QED) is 0.571. The van der Waals surface area contributed by atoms with Gasteiger partial charge in [0.2, 0.25) is 5.43 Å². The zero-order chi connectivity index (χ0) is 20.8. The SMILES string of the molecule is CC(C)=CCc1c(-c2ccccc2)oc2c3c(cc(O)c2c1=O)OC(C)(C)C=C3. The first kappa shape index (κ1) is 19.1. The molecule has 0 bridgehead atoms. The monoisotopic (exact) mass is 388 g/mol. The van der Waals surface area contributed by atoms with Crippen LogP contribution in [-0.2, 0) is 6.42 Å². The van der Waals surface area contributed by atoms with Crippen LogP contribution in [0, 0.1) is 0 Å². The lowest BCUT2D eigenvalue weighted by Gasteiger charge is -2.28. The summed E-state index contributed by atoms with van der Waals surface area (Å²) in [6, 6.07) is 11.1. The van der Waals surface area contributed by atoms with Gasteiger partial charge in [-0.15, -0.1) is 0 Å². The van der Waals surface area contributed by atoms with Crippen molar-refractivity contribution in [3.05, 3.63) is 75.5 Å². The predicted octanol–water partition coefficient (Wildman–Crippen LogP) is 5.86. The fraction of sp³-hybridized carbons (Fsp3) is 0.240. The van der Waals surface area contributed by atoms with E-state index in [1.807, 2.05) is 76.3 Å². The number of rotatable bonds is 3. The summed E-state index contributed by atoms with van der Waals surface area (Å²) in [7, 11) is 0. The van der Waals surface area contributed by atoms with E-state index >= 15 is 0 Å². The number of fused-ring (bicyclic) bond motifs is 3. The number of ether oxygens (including phenoxy) is 1. The summed E-state index contributed by atoms with van der Waals surface area (Å²) in [6.45, 7) is 7.84. The highest BCUT2D eigenvalue weighted by Crippen LogP contribution is 2.41. The van der Waals surface area contributed by atoms with E-state index < -0.39 is 5.60 Å². The molecule has 29 heavy (non-hydrogen) atoms. The summed E-state index contributed by atoms with van der Waals surface area (Å²) < 4.78 is 12.3. The Labute approximate surface area is 169 Å². The standard InChI is InChI=1S/C25H24O4/c1-15(2)10-11-18-22(27)21-19(26)14-20-17(12-13-25(3,4)29-20)24(21)28-23(18)16-8-6-5-7-9-16/h5-10,12-14,26H,11H2,1-4H3. The molecule has 2 heterocycles. The molecule has 0 saturated heterocycles. The molecular formula is C25H24O4. The van der Waals surface area contributed by atoms with Gasteiger partial charge in [-0.3, -0.25) is 4.79 Å². The minimum atomic E-state index is -0.501. The Kier molecular flexibility index (Phi) is 4.58. The third-order valence-corrected chi connectivity index (χ3v) is 5.02. The molecule has 0 fully saturated rings. The van der Waals surface area contributed by atoms with Gasteiger partial charge in [-0.2, -0.15) is 0 Å². The maximum Gasteiger partial charge on any atom is 0.200 e. The van der Waals surface area contributed by atoms with Gasteiger partial charge >= 0.3 is 0 Å². The Balaban J connectivity index is 2.08. The van der Waals surface area contributed by atoms with E-state index in [0.717, 1.165) is 11.1 Å². The summed E-state index contributed by atoms with van der Waals surface area (Å²) in [5.74, 6) is 0.894. The molecule has 1 aromatic heterocycles. The van der Waals surface area contributed by atoms with E-state index in [2.05, 4.69) is 0 Å². The lowest BCUT2D eigenvalue weighted by Crippen LogP contribution is -2.27. The first-order valence-corrected chi connectivity index (χ1v) is 9.69. The van der Waals surface area contributed by atoms with Gasteiger partial charge in [0.05, 0.1) is 5.56 Å². The van der Waals surface area contributed by atoms with Crippen molar-refractivity contribution in [2.45, 2.75) is 39.7 Å². The summed E-state index contributed by atoms with van der Waals surface area (Å²) in [6.07, 6.45) is 6.24. The Morgan fingerprint density at radius 2 is 1.90 bits per heavy atom. The number of hydrogen-bond acceptors (Lipinski definition) is 4. The van der Waals surface area contributed by atoms with Crippen LogP contribution in [0.4, 0.5) is 0 Å². The van der Waals surface area contributed by atoms with Crippen LogP contribution in [0.25, 0.3) is 28.4 Å². The van der Waals surface area contributed by atoms with Gasteiger partial charge < -0.3 is 14.3 Å². The summed E-state index contributed by atoms with van der Waals surface area (Å²) in [4.78, 5) is 13.5. The average molecular weight is 388 g/mol. The molecule has 1 N–H and O–H groups in total. The molecule has 4 heteroatoms. The molecule has 2 aromatic carbocycles. The Morgan fingerprint density at radius 1 is 1.17 bits per heavy atom. The van der Waals surface area contributed by atoms with Crippen LogP contribution in [0.1, 0.15) is 38.8 Å². The molecule has 0 unspecified atom stereocenters. The van der Waals surface area contributed by atoms with Crippen LogP contribution in [0.3, 0.4) is 0 Å². The fourth-order valence-corrected chi connectivity index (χ4v) is 3.54. The van der Waals surface area contributed by atoms with Crippen molar-refractivity contribution in [1.29, 1.82) is 0 Å². The lowest BCUT2D eigenvalue weighted by atomic mass is 9.97. The third kappa shape index (κ3) is 3.46. The molecule has 0 atom stereocenters. The normalized spacial score (nSPS) is 14.3. The summed E-state index contributed by atoms with van der Waals surface area (Å²) >= 11 is 0. The van der Waals surface area contributed by atoms with E-state index in [0.29, 0.717) is 34.6 Å². The number of benzene rings is 2. The molecule has 0 amide bonds. The van der Waals surface area contributed by atoms with Crippen molar-refractivity contribution < 1.29 is 14.3 Å². The molecule has 0 radical (unpaired) electrons. The van der Waals surface area contributed by atoms with Crippen LogP contribution in [0.2, 0.25) is 0 Å². The van der Waals surface area contributed by atoms with Gasteiger partial charge in [0.25, 0.3) is 0 Å². The molecule has 1 aliphatic rings.